The Morgan fingerprint density at radius 1 is 1.13 bits per heavy atom. The monoisotopic (exact) mass is 330 g/mol. The van der Waals surface area contributed by atoms with Crippen LogP contribution in [0.3, 0.4) is 0 Å². The lowest BCUT2D eigenvalue weighted by Gasteiger charge is -2.23. The van der Waals surface area contributed by atoms with E-state index in [0.29, 0.717) is 17.3 Å². The number of anilines is 1. The van der Waals surface area contributed by atoms with Crippen LogP contribution in [0.1, 0.15) is 18.1 Å². The summed E-state index contributed by atoms with van der Waals surface area (Å²) >= 11 is 6.00. The molecule has 2 aromatic carbocycles. The van der Waals surface area contributed by atoms with Crippen molar-refractivity contribution >= 4 is 29.1 Å². The van der Waals surface area contributed by atoms with E-state index in [-0.39, 0.29) is 18.4 Å². The van der Waals surface area contributed by atoms with Crippen LogP contribution in [0.2, 0.25) is 5.02 Å². The van der Waals surface area contributed by atoms with Crippen molar-refractivity contribution < 1.29 is 9.59 Å². The highest BCUT2D eigenvalue weighted by atomic mass is 35.5. The number of hydrogen-bond acceptors (Lipinski definition) is 2. The van der Waals surface area contributed by atoms with Gasteiger partial charge in [0.25, 0.3) is 0 Å². The minimum atomic E-state index is -0.219. The maximum atomic E-state index is 12.2. The van der Waals surface area contributed by atoms with Gasteiger partial charge in [0.2, 0.25) is 11.8 Å². The molecule has 0 saturated carbocycles. The number of benzene rings is 2. The highest BCUT2D eigenvalue weighted by Gasteiger charge is 2.17. The second-order valence-electron chi connectivity index (χ2n) is 5.30. The van der Waals surface area contributed by atoms with Gasteiger partial charge in [0.15, 0.2) is 0 Å². The van der Waals surface area contributed by atoms with Crippen molar-refractivity contribution in [3.05, 3.63) is 64.7 Å². The van der Waals surface area contributed by atoms with E-state index in [9.17, 15) is 9.59 Å². The number of aryl methyl sites for hydroxylation is 1. The highest BCUT2D eigenvalue weighted by Crippen LogP contribution is 2.24. The third-order valence-corrected chi connectivity index (χ3v) is 3.71. The first-order valence-corrected chi connectivity index (χ1v) is 7.70. The van der Waals surface area contributed by atoms with Crippen molar-refractivity contribution in [2.45, 2.75) is 20.4 Å². The van der Waals surface area contributed by atoms with E-state index in [2.05, 4.69) is 5.32 Å². The Bertz CT molecular complexity index is 701. The Balaban J connectivity index is 2.06. The summed E-state index contributed by atoms with van der Waals surface area (Å²) in [5.74, 6) is -0.423. The molecule has 0 unspecified atom stereocenters. The fourth-order valence-corrected chi connectivity index (χ4v) is 2.40. The van der Waals surface area contributed by atoms with Gasteiger partial charge in [0.05, 0.1) is 0 Å². The van der Waals surface area contributed by atoms with Crippen LogP contribution >= 0.6 is 11.6 Å². The molecule has 2 aromatic rings. The average Bonchev–Trinajstić information content (AvgIpc) is 2.54. The number of carbonyl (C=O) groups excluding carboxylic acids is 2. The zero-order valence-electron chi connectivity index (χ0n) is 13.2. The summed E-state index contributed by atoms with van der Waals surface area (Å²) in [5.41, 5.74) is 2.55. The lowest BCUT2D eigenvalue weighted by molar-refractivity contribution is -0.123. The van der Waals surface area contributed by atoms with Gasteiger partial charge in [-0.25, -0.2) is 0 Å². The predicted molar refractivity (Wildman–Crippen MR) is 92.5 cm³/mol. The second-order valence-corrected chi connectivity index (χ2v) is 5.73. The summed E-state index contributed by atoms with van der Waals surface area (Å²) in [5, 5.41) is 3.35. The molecule has 2 amide bonds. The van der Waals surface area contributed by atoms with Crippen LogP contribution in [0, 0.1) is 6.92 Å². The zero-order chi connectivity index (χ0) is 16.8. The fraction of sp³-hybridized carbons (Fsp3) is 0.222. The van der Waals surface area contributed by atoms with Crippen LogP contribution < -0.4 is 10.2 Å². The molecule has 120 valence electrons. The Kier molecular flexibility index (Phi) is 5.77. The standard InChI is InChI=1S/C18H19ClN2O2/c1-13-8-9-16(19)10-17(13)21(14(2)22)12-18(23)20-11-15-6-4-3-5-7-15/h3-10H,11-12H2,1-2H3,(H,20,23). The molecular weight excluding hydrogens is 312 g/mol. The van der Waals surface area contributed by atoms with Gasteiger partial charge in [-0.1, -0.05) is 48.0 Å². The van der Waals surface area contributed by atoms with Crippen molar-refractivity contribution in [1.29, 1.82) is 0 Å². The van der Waals surface area contributed by atoms with Crippen LogP contribution in [0.25, 0.3) is 0 Å². The Hall–Kier alpha value is -2.33. The first-order valence-electron chi connectivity index (χ1n) is 7.32. The number of rotatable bonds is 5. The van der Waals surface area contributed by atoms with Crippen LogP contribution in [0.4, 0.5) is 5.69 Å². The summed E-state index contributed by atoms with van der Waals surface area (Å²) in [4.78, 5) is 25.5. The molecule has 0 radical (unpaired) electrons. The SMILES string of the molecule is CC(=O)N(CC(=O)NCc1ccccc1)c1cc(Cl)ccc1C. The number of nitrogens with one attached hydrogen (secondary N) is 1. The molecule has 0 spiro atoms. The van der Waals surface area contributed by atoms with Gasteiger partial charge in [-0.15, -0.1) is 0 Å². The number of amides is 2. The lowest BCUT2D eigenvalue weighted by Crippen LogP contribution is -2.40. The molecule has 0 atom stereocenters. The molecule has 0 fully saturated rings. The van der Waals surface area contributed by atoms with Gasteiger partial charge in [-0.3, -0.25) is 9.59 Å². The average molecular weight is 331 g/mol. The first kappa shape index (κ1) is 17.0. The minimum Gasteiger partial charge on any atom is -0.350 e. The second kappa shape index (κ2) is 7.79. The molecule has 4 nitrogen and oxygen atoms in total. The smallest absolute Gasteiger partial charge is 0.240 e. The van der Waals surface area contributed by atoms with E-state index in [1.54, 1.807) is 12.1 Å². The molecule has 23 heavy (non-hydrogen) atoms. The third kappa shape index (κ3) is 4.83. The minimum absolute atomic E-state index is 0.0383. The summed E-state index contributed by atoms with van der Waals surface area (Å²) in [6, 6.07) is 14.9. The highest BCUT2D eigenvalue weighted by molar-refractivity contribution is 6.31. The molecule has 0 heterocycles. The summed E-state index contributed by atoms with van der Waals surface area (Å²) in [6.07, 6.45) is 0. The molecule has 1 N–H and O–H groups in total. The summed E-state index contributed by atoms with van der Waals surface area (Å²) in [6.45, 7) is 3.71. The Morgan fingerprint density at radius 3 is 2.48 bits per heavy atom. The van der Waals surface area contributed by atoms with Gasteiger partial charge in [0.1, 0.15) is 6.54 Å². The van der Waals surface area contributed by atoms with Crippen molar-refractivity contribution in [3.63, 3.8) is 0 Å². The molecule has 5 heteroatoms. The van der Waals surface area contributed by atoms with E-state index < -0.39 is 0 Å². The number of halogens is 1. The largest absolute Gasteiger partial charge is 0.350 e. The first-order chi connectivity index (χ1) is 11.0. The number of carbonyl (C=O) groups is 2. The topological polar surface area (TPSA) is 49.4 Å². The summed E-state index contributed by atoms with van der Waals surface area (Å²) < 4.78 is 0. The van der Waals surface area contributed by atoms with Crippen molar-refractivity contribution in [2.75, 3.05) is 11.4 Å². The van der Waals surface area contributed by atoms with Gasteiger partial charge in [-0.05, 0) is 30.2 Å². The zero-order valence-corrected chi connectivity index (χ0v) is 13.9. The van der Waals surface area contributed by atoms with E-state index in [1.807, 2.05) is 43.3 Å². The lowest BCUT2D eigenvalue weighted by atomic mass is 10.1. The van der Waals surface area contributed by atoms with Gasteiger partial charge >= 0.3 is 0 Å². The van der Waals surface area contributed by atoms with Crippen LogP contribution in [0.5, 0.6) is 0 Å². The normalized spacial score (nSPS) is 10.2. The maximum absolute atomic E-state index is 12.2. The van der Waals surface area contributed by atoms with E-state index >= 15 is 0 Å². The van der Waals surface area contributed by atoms with Crippen LogP contribution in [-0.2, 0) is 16.1 Å². The molecule has 0 aliphatic carbocycles. The predicted octanol–water partition coefficient (Wildman–Crippen LogP) is 3.32. The number of nitrogens with zero attached hydrogens (tertiary/aromatic N) is 1. The fourth-order valence-electron chi connectivity index (χ4n) is 2.24. The maximum Gasteiger partial charge on any atom is 0.240 e. The molecule has 0 bridgehead atoms. The number of hydrogen-bond donors (Lipinski definition) is 1. The molecule has 0 aliphatic rings. The van der Waals surface area contributed by atoms with Crippen LogP contribution in [0.15, 0.2) is 48.5 Å². The third-order valence-electron chi connectivity index (χ3n) is 3.48. The van der Waals surface area contributed by atoms with Crippen molar-refractivity contribution in [2.24, 2.45) is 0 Å². The summed E-state index contributed by atoms with van der Waals surface area (Å²) in [7, 11) is 0. The quantitative estimate of drug-likeness (QED) is 0.914. The van der Waals surface area contributed by atoms with E-state index in [0.717, 1.165) is 11.1 Å². The van der Waals surface area contributed by atoms with Gasteiger partial charge in [0, 0.05) is 24.2 Å². The van der Waals surface area contributed by atoms with E-state index in [4.69, 9.17) is 11.6 Å². The Labute approximate surface area is 141 Å². The van der Waals surface area contributed by atoms with Crippen LogP contribution in [-0.4, -0.2) is 18.4 Å². The molecule has 0 saturated heterocycles. The molecule has 0 aliphatic heterocycles. The van der Waals surface area contributed by atoms with Gasteiger partial charge < -0.3 is 10.2 Å². The van der Waals surface area contributed by atoms with E-state index in [1.165, 1.54) is 11.8 Å². The Morgan fingerprint density at radius 2 is 1.83 bits per heavy atom. The van der Waals surface area contributed by atoms with Gasteiger partial charge in [-0.2, -0.15) is 0 Å². The molecule has 0 aromatic heterocycles. The van der Waals surface area contributed by atoms with Crippen molar-refractivity contribution in [3.8, 4) is 0 Å². The van der Waals surface area contributed by atoms with Crippen molar-refractivity contribution in [1.82, 2.24) is 5.32 Å². The molecular formula is C18H19ClN2O2. The molecule has 2 rings (SSSR count).